The minimum atomic E-state index is 0.676. The number of rotatable bonds is 2. The first-order valence-corrected chi connectivity index (χ1v) is 4.60. The number of nitrogens with zero attached hydrogens (tertiary/aromatic N) is 2. The molecule has 2 aromatic heterocycles. The van der Waals surface area contributed by atoms with Crippen molar-refractivity contribution in [2.24, 2.45) is 0 Å². The van der Waals surface area contributed by atoms with Gasteiger partial charge in [-0.1, -0.05) is 12.2 Å². The van der Waals surface area contributed by atoms with Gasteiger partial charge >= 0.3 is 0 Å². The second-order valence-electron chi connectivity index (χ2n) is 2.10. The van der Waals surface area contributed by atoms with Gasteiger partial charge in [0.05, 0.1) is 0 Å². The first kappa shape index (κ1) is 7.57. The molecule has 0 bridgehead atoms. The zero-order valence-corrected chi connectivity index (χ0v) is 7.65. The van der Waals surface area contributed by atoms with Crippen molar-refractivity contribution in [2.45, 2.75) is 0 Å². The summed E-state index contributed by atoms with van der Waals surface area (Å²) in [6, 6.07) is 0. The summed E-state index contributed by atoms with van der Waals surface area (Å²) in [5, 5.41) is 2.73. The Kier molecular flexibility index (Phi) is 1.97. The molecule has 2 rings (SSSR count). The van der Waals surface area contributed by atoms with Crippen LogP contribution in [-0.4, -0.2) is 19.8 Å². The number of thiocarbonyl (C=S) groups is 1. The van der Waals surface area contributed by atoms with Crippen LogP contribution in [0.3, 0.4) is 0 Å². The van der Waals surface area contributed by atoms with Gasteiger partial charge in [-0.2, -0.15) is 0 Å². The minimum absolute atomic E-state index is 0.676. The van der Waals surface area contributed by atoms with Crippen LogP contribution in [0.15, 0.2) is 24.0 Å². The van der Waals surface area contributed by atoms with E-state index in [-0.39, 0.29) is 0 Å². The Hall–Kier alpha value is -1.07. The van der Waals surface area contributed by atoms with E-state index in [0.717, 1.165) is 5.01 Å². The maximum atomic E-state index is 5.15. The third-order valence-electron chi connectivity index (χ3n) is 1.34. The van der Waals surface area contributed by atoms with Crippen LogP contribution in [-0.2, 0) is 0 Å². The van der Waals surface area contributed by atoms with Crippen molar-refractivity contribution < 1.29 is 0 Å². The van der Waals surface area contributed by atoms with E-state index in [2.05, 4.69) is 15.0 Å². The molecule has 2 aromatic rings. The van der Waals surface area contributed by atoms with Gasteiger partial charge in [0.1, 0.15) is 9.87 Å². The van der Waals surface area contributed by atoms with Crippen molar-refractivity contribution in [1.29, 1.82) is 0 Å². The van der Waals surface area contributed by atoms with Crippen LogP contribution >= 0.6 is 23.6 Å². The molecule has 0 saturated heterocycles. The Morgan fingerprint density at radius 2 is 2.33 bits per heavy atom. The lowest BCUT2D eigenvalue weighted by atomic mass is 10.4. The van der Waals surface area contributed by atoms with Gasteiger partial charge in [0.25, 0.3) is 0 Å². The largest absolute Gasteiger partial charge is 0.344 e. The molecule has 0 unspecified atom stereocenters. The summed E-state index contributed by atoms with van der Waals surface area (Å²) in [5.41, 5.74) is 0. The average Bonchev–Trinajstić information content (AvgIpc) is 2.77. The van der Waals surface area contributed by atoms with E-state index < -0.39 is 0 Å². The van der Waals surface area contributed by atoms with Crippen LogP contribution in [0, 0.1) is 0 Å². The number of thiazole rings is 1. The quantitative estimate of drug-likeness (QED) is 0.585. The number of hydrogen-bond donors (Lipinski definition) is 1. The predicted molar refractivity (Wildman–Crippen MR) is 51.5 cm³/mol. The molecule has 5 heteroatoms. The molecule has 12 heavy (non-hydrogen) atoms. The number of imidazole rings is 1. The molecule has 0 aliphatic heterocycles. The van der Waals surface area contributed by atoms with Crippen molar-refractivity contribution in [3.63, 3.8) is 0 Å². The SMILES string of the molecule is S=C(c1ncc[nH]1)c1nccs1. The zero-order valence-electron chi connectivity index (χ0n) is 6.02. The molecular weight excluding hydrogens is 190 g/mol. The molecule has 0 saturated carbocycles. The Balaban J connectivity index is 2.34. The average molecular weight is 195 g/mol. The molecule has 0 aromatic carbocycles. The summed E-state index contributed by atoms with van der Waals surface area (Å²) in [6.07, 6.45) is 5.15. The Morgan fingerprint density at radius 1 is 1.42 bits per heavy atom. The molecule has 0 aliphatic carbocycles. The highest BCUT2D eigenvalue weighted by molar-refractivity contribution is 7.81. The first-order valence-electron chi connectivity index (χ1n) is 3.31. The first-order chi connectivity index (χ1) is 5.88. The molecule has 0 spiro atoms. The smallest absolute Gasteiger partial charge is 0.151 e. The van der Waals surface area contributed by atoms with Gasteiger partial charge in [-0.05, 0) is 0 Å². The summed E-state index contributed by atoms with van der Waals surface area (Å²) in [6.45, 7) is 0. The zero-order chi connectivity index (χ0) is 8.39. The minimum Gasteiger partial charge on any atom is -0.344 e. The summed E-state index contributed by atoms with van der Waals surface area (Å²) in [5.74, 6) is 0.708. The maximum Gasteiger partial charge on any atom is 0.151 e. The normalized spacial score (nSPS) is 10.0. The third-order valence-corrected chi connectivity index (χ3v) is 2.65. The molecule has 3 nitrogen and oxygen atoms in total. The van der Waals surface area contributed by atoms with Gasteiger partial charge in [0.15, 0.2) is 5.82 Å². The van der Waals surface area contributed by atoms with Crippen molar-refractivity contribution in [3.8, 4) is 0 Å². The molecule has 0 fully saturated rings. The molecule has 2 heterocycles. The van der Waals surface area contributed by atoms with Gasteiger partial charge < -0.3 is 4.98 Å². The molecule has 0 radical (unpaired) electrons. The summed E-state index contributed by atoms with van der Waals surface area (Å²) >= 11 is 6.67. The van der Waals surface area contributed by atoms with E-state index in [4.69, 9.17) is 12.2 Å². The summed E-state index contributed by atoms with van der Waals surface area (Å²) < 4.78 is 0. The van der Waals surface area contributed by atoms with Gasteiger partial charge in [-0.15, -0.1) is 11.3 Å². The van der Waals surface area contributed by atoms with Gasteiger partial charge in [0, 0.05) is 24.0 Å². The second kappa shape index (κ2) is 3.12. The highest BCUT2D eigenvalue weighted by atomic mass is 32.1. The summed E-state index contributed by atoms with van der Waals surface area (Å²) in [7, 11) is 0. The van der Waals surface area contributed by atoms with Crippen molar-refractivity contribution in [3.05, 3.63) is 34.8 Å². The van der Waals surface area contributed by atoms with Crippen molar-refractivity contribution in [2.75, 3.05) is 0 Å². The Labute approximate surface area is 78.5 Å². The lowest BCUT2D eigenvalue weighted by molar-refractivity contribution is 1.26. The molecule has 0 atom stereocenters. The van der Waals surface area contributed by atoms with Crippen molar-refractivity contribution >= 4 is 28.4 Å². The lowest BCUT2D eigenvalue weighted by Gasteiger charge is -1.92. The fourth-order valence-electron chi connectivity index (χ4n) is 0.826. The fraction of sp³-hybridized carbons (Fsp3) is 0. The number of aromatic amines is 1. The number of hydrogen-bond acceptors (Lipinski definition) is 4. The number of aromatic nitrogens is 3. The van der Waals surface area contributed by atoms with Crippen LogP contribution in [0.5, 0.6) is 0 Å². The van der Waals surface area contributed by atoms with Gasteiger partial charge in [-0.25, -0.2) is 9.97 Å². The predicted octanol–water partition coefficient (Wildman–Crippen LogP) is 1.63. The highest BCUT2D eigenvalue weighted by Crippen LogP contribution is 2.09. The Morgan fingerprint density at radius 3 is 2.92 bits per heavy atom. The van der Waals surface area contributed by atoms with E-state index in [1.165, 1.54) is 11.3 Å². The van der Waals surface area contributed by atoms with E-state index in [1.807, 2.05) is 5.38 Å². The van der Waals surface area contributed by atoms with Crippen LogP contribution in [0.4, 0.5) is 0 Å². The van der Waals surface area contributed by atoms with E-state index in [0.29, 0.717) is 10.7 Å². The molecule has 1 N–H and O–H groups in total. The monoisotopic (exact) mass is 195 g/mol. The molecule has 0 aliphatic rings. The number of H-pyrrole nitrogens is 1. The van der Waals surface area contributed by atoms with Crippen LogP contribution in [0.2, 0.25) is 0 Å². The van der Waals surface area contributed by atoms with Crippen LogP contribution in [0.25, 0.3) is 0 Å². The van der Waals surface area contributed by atoms with Crippen LogP contribution < -0.4 is 0 Å². The van der Waals surface area contributed by atoms with E-state index >= 15 is 0 Å². The third kappa shape index (κ3) is 1.28. The molecular formula is C7H5N3S2. The maximum absolute atomic E-state index is 5.15. The van der Waals surface area contributed by atoms with E-state index in [9.17, 15) is 0 Å². The topological polar surface area (TPSA) is 41.6 Å². The summed E-state index contributed by atoms with van der Waals surface area (Å²) in [4.78, 5) is 11.7. The molecule has 0 amide bonds. The number of nitrogens with one attached hydrogen (secondary N) is 1. The standard InChI is InChI=1S/C7H5N3S2/c11-5(6-8-1-2-9-6)7-10-3-4-12-7/h1-4H,(H,8,9). The Bertz CT molecular complexity index is 327. The highest BCUT2D eigenvalue weighted by Gasteiger charge is 2.07. The second-order valence-corrected chi connectivity index (χ2v) is 3.41. The van der Waals surface area contributed by atoms with Crippen LogP contribution in [0.1, 0.15) is 10.8 Å². The van der Waals surface area contributed by atoms with E-state index in [1.54, 1.807) is 18.6 Å². The van der Waals surface area contributed by atoms with Crippen molar-refractivity contribution in [1.82, 2.24) is 15.0 Å². The van der Waals surface area contributed by atoms with Gasteiger partial charge in [-0.3, -0.25) is 0 Å². The molecule has 60 valence electrons. The fourth-order valence-corrected chi connectivity index (χ4v) is 1.71. The van der Waals surface area contributed by atoms with Gasteiger partial charge in [0.2, 0.25) is 0 Å². The lowest BCUT2D eigenvalue weighted by Crippen LogP contribution is -2.00.